The van der Waals surface area contributed by atoms with Crippen LogP contribution < -0.4 is 0 Å². The number of hydrogen-bond donors (Lipinski definition) is 1. The molecule has 0 spiro atoms. The van der Waals surface area contributed by atoms with Crippen LogP contribution in [0, 0.1) is 5.82 Å². The molecule has 1 aliphatic rings. The van der Waals surface area contributed by atoms with Crippen LogP contribution in [0.5, 0.6) is 0 Å². The third-order valence-corrected chi connectivity index (χ3v) is 3.86. The van der Waals surface area contributed by atoms with Gasteiger partial charge in [0.1, 0.15) is 17.5 Å². The van der Waals surface area contributed by atoms with Gasteiger partial charge in [-0.1, -0.05) is 0 Å². The van der Waals surface area contributed by atoms with E-state index < -0.39 is 5.97 Å². The van der Waals surface area contributed by atoms with Gasteiger partial charge in [0.2, 0.25) is 5.91 Å². The molecule has 0 radical (unpaired) electrons. The van der Waals surface area contributed by atoms with E-state index in [1.54, 1.807) is 17.0 Å². The monoisotopic (exact) mass is 317 g/mol. The highest BCUT2D eigenvalue weighted by molar-refractivity contribution is 5.96. The number of nitrogens with one attached hydrogen (secondary N) is 1. The fraction of sp³-hybridized carbons (Fsp3) is 0.312. The quantitative estimate of drug-likeness (QED) is 0.879. The van der Waals surface area contributed by atoms with Crippen LogP contribution in [0.1, 0.15) is 23.7 Å². The number of amides is 1. The van der Waals surface area contributed by atoms with Gasteiger partial charge in [0.05, 0.1) is 18.4 Å². The van der Waals surface area contributed by atoms with E-state index in [1.807, 2.05) is 0 Å². The molecule has 2 aromatic rings. The maximum atomic E-state index is 13.0. The molecular weight excluding hydrogens is 301 g/mol. The molecule has 1 amide bonds. The Bertz CT molecular complexity index is 726. The zero-order valence-electron chi connectivity index (χ0n) is 12.6. The predicted octanol–water partition coefficient (Wildman–Crippen LogP) is 1.99. The van der Waals surface area contributed by atoms with Gasteiger partial charge in [-0.05, 0) is 24.3 Å². The van der Waals surface area contributed by atoms with E-state index in [0.717, 1.165) is 0 Å². The molecule has 1 aromatic carbocycles. The first-order valence-corrected chi connectivity index (χ1v) is 7.30. The number of halogens is 1. The van der Waals surface area contributed by atoms with Crippen LogP contribution in [0.25, 0.3) is 11.3 Å². The van der Waals surface area contributed by atoms with Crippen molar-refractivity contribution in [2.24, 2.45) is 0 Å². The molecule has 6 nitrogen and oxygen atoms in total. The van der Waals surface area contributed by atoms with E-state index in [2.05, 4.69) is 10.2 Å². The van der Waals surface area contributed by atoms with E-state index in [1.165, 1.54) is 25.3 Å². The van der Waals surface area contributed by atoms with Crippen molar-refractivity contribution in [3.63, 3.8) is 0 Å². The number of carbonyl (C=O) groups excluding carboxylic acids is 2. The number of carbonyl (C=O) groups is 2. The topological polar surface area (TPSA) is 75.3 Å². The van der Waals surface area contributed by atoms with E-state index in [-0.39, 0.29) is 23.4 Å². The smallest absolute Gasteiger partial charge is 0.342 e. The molecule has 23 heavy (non-hydrogen) atoms. The Kier molecular flexibility index (Phi) is 4.10. The first-order valence-electron chi connectivity index (χ1n) is 7.30. The minimum atomic E-state index is -0.506. The molecular formula is C16H16FN3O3. The standard InChI is InChI=1S/C16H16FN3O3/c1-10(21)20-7-6-13(9-20)23-16(22)14-8-18-19-15(14)11-2-4-12(17)5-3-11/h2-5,8,13H,6-7,9H2,1H3,(H,18,19)/t13-/m0/s1. The predicted molar refractivity (Wildman–Crippen MR) is 80.1 cm³/mol. The van der Waals surface area contributed by atoms with Gasteiger partial charge in [-0.3, -0.25) is 9.89 Å². The first-order chi connectivity index (χ1) is 11.0. The van der Waals surface area contributed by atoms with Crippen molar-refractivity contribution in [1.82, 2.24) is 15.1 Å². The van der Waals surface area contributed by atoms with Crippen molar-refractivity contribution in [1.29, 1.82) is 0 Å². The normalized spacial score (nSPS) is 17.3. The Balaban J connectivity index is 1.73. The molecule has 1 atom stereocenters. The van der Waals surface area contributed by atoms with Gasteiger partial charge in [0.15, 0.2) is 0 Å². The first kappa shape index (κ1) is 15.2. The van der Waals surface area contributed by atoms with Crippen molar-refractivity contribution in [2.75, 3.05) is 13.1 Å². The molecule has 0 aliphatic carbocycles. The van der Waals surface area contributed by atoms with Gasteiger partial charge < -0.3 is 9.64 Å². The number of ether oxygens (including phenoxy) is 1. The zero-order chi connectivity index (χ0) is 16.4. The van der Waals surface area contributed by atoms with Gasteiger partial charge in [0, 0.05) is 25.5 Å². The number of aromatic nitrogens is 2. The SMILES string of the molecule is CC(=O)N1CC[C@H](OC(=O)c2cn[nH]c2-c2ccc(F)cc2)C1. The molecule has 1 N–H and O–H groups in total. The summed E-state index contributed by atoms with van der Waals surface area (Å²) in [7, 11) is 0. The molecule has 1 fully saturated rings. The van der Waals surface area contributed by atoms with E-state index in [9.17, 15) is 14.0 Å². The van der Waals surface area contributed by atoms with Crippen LogP contribution in [-0.4, -0.2) is 46.2 Å². The Labute approximate surface area is 132 Å². The number of likely N-dealkylation sites (tertiary alicyclic amines) is 1. The third kappa shape index (κ3) is 3.23. The lowest BCUT2D eigenvalue weighted by molar-refractivity contribution is -0.128. The summed E-state index contributed by atoms with van der Waals surface area (Å²) in [5, 5.41) is 6.61. The number of rotatable bonds is 3. The third-order valence-electron chi connectivity index (χ3n) is 3.86. The van der Waals surface area contributed by atoms with Crippen molar-refractivity contribution < 1.29 is 18.7 Å². The fourth-order valence-corrected chi connectivity index (χ4v) is 2.60. The summed E-state index contributed by atoms with van der Waals surface area (Å²) < 4.78 is 18.5. The second-order valence-corrected chi connectivity index (χ2v) is 5.45. The zero-order valence-corrected chi connectivity index (χ0v) is 12.6. The van der Waals surface area contributed by atoms with E-state index >= 15 is 0 Å². The molecule has 0 unspecified atom stereocenters. The minimum absolute atomic E-state index is 0.0288. The van der Waals surface area contributed by atoms with Gasteiger partial charge >= 0.3 is 5.97 Å². The highest BCUT2D eigenvalue weighted by atomic mass is 19.1. The van der Waals surface area contributed by atoms with Crippen molar-refractivity contribution >= 4 is 11.9 Å². The largest absolute Gasteiger partial charge is 0.457 e. The highest BCUT2D eigenvalue weighted by Crippen LogP contribution is 2.23. The second-order valence-electron chi connectivity index (χ2n) is 5.45. The molecule has 3 rings (SSSR count). The number of benzene rings is 1. The van der Waals surface area contributed by atoms with Crippen LogP contribution in [0.4, 0.5) is 4.39 Å². The van der Waals surface area contributed by atoms with Crippen LogP contribution in [0.3, 0.4) is 0 Å². The van der Waals surface area contributed by atoms with E-state index in [0.29, 0.717) is 30.8 Å². The summed E-state index contributed by atoms with van der Waals surface area (Å²) >= 11 is 0. The molecule has 0 bridgehead atoms. The van der Waals surface area contributed by atoms with Crippen molar-refractivity contribution in [2.45, 2.75) is 19.4 Å². The molecule has 7 heteroatoms. The van der Waals surface area contributed by atoms with Crippen molar-refractivity contribution in [3.8, 4) is 11.3 Å². The second kappa shape index (κ2) is 6.20. The molecule has 1 saturated heterocycles. The lowest BCUT2D eigenvalue weighted by atomic mass is 10.1. The van der Waals surface area contributed by atoms with Crippen LogP contribution >= 0.6 is 0 Å². The average Bonchev–Trinajstić information content (AvgIpc) is 3.16. The van der Waals surface area contributed by atoms with Crippen LogP contribution in [0.2, 0.25) is 0 Å². The molecule has 2 heterocycles. The van der Waals surface area contributed by atoms with Gasteiger partial charge in [-0.2, -0.15) is 5.10 Å². The number of H-pyrrole nitrogens is 1. The minimum Gasteiger partial charge on any atom is -0.457 e. The maximum Gasteiger partial charge on any atom is 0.342 e. The van der Waals surface area contributed by atoms with Crippen LogP contribution in [0.15, 0.2) is 30.5 Å². The Morgan fingerprint density at radius 2 is 2.09 bits per heavy atom. The Hall–Kier alpha value is -2.70. The average molecular weight is 317 g/mol. The number of nitrogens with zero attached hydrogens (tertiary/aromatic N) is 2. The number of esters is 1. The lowest BCUT2D eigenvalue weighted by Gasteiger charge is -2.14. The summed E-state index contributed by atoms with van der Waals surface area (Å²) in [5.74, 6) is -0.889. The summed E-state index contributed by atoms with van der Waals surface area (Å²) in [6.07, 6.45) is 1.69. The number of hydrogen-bond acceptors (Lipinski definition) is 4. The summed E-state index contributed by atoms with van der Waals surface area (Å²) in [6, 6.07) is 5.75. The summed E-state index contributed by atoms with van der Waals surface area (Å²) in [4.78, 5) is 25.3. The number of aromatic amines is 1. The van der Waals surface area contributed by atoms with Gasteiger partial charge in [-0.25, -0.2) is 9.18 Å². The van der Waals surface area contributed by atoms with E-state index in [4.69, 9.17) is 4.74 Å². The van der Waals surface area contributed by atoms with Crippen molar-refractivity contribution in [3.05, 3.63) is 41.8 Å². The van der Waals surface area contributed by atoms with Crippen LogP contribution in [-0.2, 0) is 9.53 Å². The Morgan fingerprint density at radius 3 is 2.74 bits per heavy atom. The summed E-state index contributed by atoms with van der Waals surface area (Å²) in [5.41, 5.74) is 1.42. The lowest BCUT2D eigenvalue weighted by Crippen LogP contribution is -2.28. The molecule has 0 saturated carbocycles. The fourth-order valence-electron chi connectivity index (χ4n) is 2.60. The molecule has 1 aromatic heterocycles. The molecule has 1 aliphatic heterocycles. The highest BCUT2D eigenvalue weighted by Gasteiger charge is 2.28. The molecule has 120 valence electrons. The maximum absolute atomic E-state index is 13.0. The van der Waals surface area contributed by atoms with Gasteiger partial charge in [-0.15, -0.1) is 0 Å². The summed E-state index contributed by atoms with van der Waals surface area (Å²) in [6.45, 7) is 2.49. The Morgan fingerprint density at radius 1 is 1.35 bits per heavy atom. The van der Waals surface area contributed by atoms with Gasteiger partial charge in [0.25, 0.3) is 0 Å².